The maximum Gasteiger partial charge on any atom is 0.171 e. The van der Waals surface area contributed by atoms with Gasteiger partial charge in [0.05, 0.1) is 20.9 Å². The smallest absolute Gasteiger partial charge is 0.171 e. The topological polar surface area (TPSA) is 25.8 Å². The molecular formula is C96H138F4N2S8Si2. The van der Waals surface area contributed by atoms with Crippen molar-refractivity contribution in [3.63, 3.8) is 0 Å². The molecule has 616 valence electrons. The van der Waals surface area contributed by atoms with Gasteiger partial charge in [-0.25, -0.2) is 27.5 Å². The van der Waals surface area contributed by atoms with Crippen LogP contribution < -0.4 is 20.7 Å². The Hall–Kier alpha value is -2.91. The quantitative estimate of drug-likeness (QED) is 0.0164. The van der Waals surface area contributed by atoms with Crippen LogP contribution in [0.1, 0.15) is 347 Å². The molecule has 8 aromatic heterocycles. The van der Waals surface area contributed by atoms with Crippen LogP contribution in [-0.2, 0) is 12.8 Å². The molecule has 0 amide bonds. The predicted octanol–water partition coefficient (Wildman–Crippen LogP) is 34.1. The van der Waals surface area contributed by atoms with E-state index in [0.717, 1.165) is 150 Å². The van der Waals surface area contributed by atoms with Crippen LogP contribution in [0.2, 0.25) is 24.2 Å². The second-order valence-electron chi connectivity index (χ2n) is 34.4. The molecule has 0 saturated carbocycles. The van der Waals surface area contributed by atoms with Crippen LogP contribution in [0.25, 0.3) is 79.6 Å². The molecule has 11 rings (SSSR count). The molecule has 16 heteroatoms. The molecule has 10 heterocycles. The van der Waals surface area contributed by atoms with Crippen molar-refractivity contribution in [1.29, 1.82) is 0 Å². The lowest BCUT2D eigenvalue weighted by molar-refractivity contribution is 0.463. The Labute approximate surface area is 709 Å². The number of aryl methyl sites for hydroxylation is 4. The molecule has 0 spiro atoms. The third kappa shape index (κ3) is 21.4. The second-order valence-corrected chi connectivity index (χ2v) is 51.2. The normalized spacial score (nSPS) is 16.4. The average molecular weight is 1710 g/mol. The summed E-state index contributed by atoms with van der Waals surface area (Å²) >= 11 is 13.8. The molecule has 1 aromatic carbocycles. The molecule has 2 aliphatic heterocycles. The predicted molar refractivity (Wildman–Crippen MR) is 502 cm³/mol. The number of thiazole rings is 2. The summed E-state index contributed by atoms with van der Waals surface area (Å²) in [5.41, 5.74) is 1.74. The fraction of sp³-hybridized carbons (Fsp3) is 0.646. The van der Waals surface area contributed by atoms with Gasteiger partial charge >= 0.3 is 0 Å². The first-order valence-electron chi connectivity index (χ1n) is 45.5. The average Bonchev–Trinajstić information content (AvgIpc) is 1.54. The van der Waals surface area contributed by atoms with Crippen LogP contribution >= 0.6 is 90.7 Å². The van der Waals surface area contributed by atoms with Gasteiger partial charge in [-0.2, -0.15) is 0 Å². The molecule has 9 aromatic rings. The first-order valence-corrected chi connectivity index (χ1v) is 56.8. The summed E-state index contributed by atoms with van der Waals surface area (Å²) in [6.07, 6.45) is 52.2. The molecule has 2 nitrogen and oxygen atoms in total. The number of hydrogen-bond acceptors (Lipinski definition) is 10. The SMILES string of the molecule is CCCCCCCCCCCCCCc1cc(C)sc1-c1nc2sc(-c3sc(-c4cc5c(s4)-c4sc(-c6c(F)c(F)c(-c7cc8c(s7)-c7sc(C)cc7[Si]8(CC(CC)CCCC)CC(CC)CCCC)c(F)c6F)cc4[Si]5(CC(CC)CCCC)CC(CC)CCCC)cc3CCCCCCCCCCCCCC)nc2s1. The lowest BCUT2D eigenvalue weighted by atomic mass is 10.0. The standard InChI is InChI=1S/C96H138F4N2S8Si2/c1-13-23-29-31-33-35-37-39-41-43-45-47-53-71-55-65(11)103-87(71)93-101-95-96(109-93)102-94(110-95)88-72(54-48-46-44-42-40-38-36-34-32-30-24-14-2)57-73(105-88)74-58-78-91(106-74)92-80(112(78,63-69(21-9)51-27-17-5)64-70(22-10)52-28-18-6)60-76(108-92)82-85(99)83(97)81(84(98)86(82)100)75-59-79-90(107-75)89-77(56-66(12)104-89)111(79,61-67(19-7)49-25-15-3)62-68(20-8)50-26-16-4/h55-60,67-70H,13-54,61-64H2,1-12H3. The van der Waals surface area contributed by atoms with Gasteiger partial charge in [0.2, 0.25) is 0 Å². The van der Waals surface area contributed by atoms with E-state index in [1.54, 1.807) is 34.0 Å². The highest BCUT2D eigenvalue weighted by Gasteiger charge is 2.52. The second kappa shape index (κ2) is 44.4. The van der Waals surface area contributed by atoms with E-state index in [9.17, 15) is 0 Å². The fourth-order valence-electron chi connectivity index (χ4n) is 19.3. The Morgan fingerprint density at radius 3 is 0.911 bits per heavy atom. The largest absolute Gasteiger partial charge is 0.222 e. The number of halogens is 4. The highest BCUT2D eigenvalue weighted by molar-refractivity contribution is 7.35. The molecule has 0 radical (unpaired) electrons. The Kier molecular flexibility index (Phi) is 35.6. The van der Waals surface area contributed by atoms with Crippen LogP contribution in [0.3, 0.4) is 0 Å². The van der Waals surface area contributed by atoms with Gasteiger partial charge in [-0.15, -0.1) is 68.0 Å². The molecule has 112 heavy (non-hydrogen) atoms. The van der Waals surface area contributed by atoms with Gasteiger partial charge in [-0.3, -0.25) is 0 Å². The number of unbranched alkanes of at least 4 members (excludes halogenated alkanes) is 26. The molecule has 0 fully saturated rings. The van der Waals surface area contributed by atoms with Gasteiger partial charge in [0.15, 0.2) is 32.9 Å². The minimum atomic E-state index is -2.79. The van der Waals surface area contributed by atoms with Gasteiger partial charge in [0, 0.05) is 48.8 Å². The minimum Gasteiger partial charge on any atom is -0.222 e. The molecule has 0 saturated heterocycles. The Morgan fingerprint density at radius 1 is 0.286 bits per heavy atom. The van der Waals surface area contributed by atoms with E-state index < -0.39 is 50.5 Å². The number of thiophene rings is 6. The van der Waals surface area contributed by atoms with Gasteiger partial charge in [-0.1, -0.05) is 336 Å². The van der Waals surface area contributed by atoms with E-state index in [0.29, 0.717) is 33.4 Å². The zero-order valence-electron chi connectivity index (χ0n) is 71.0. The van der Waals surface area contributed by atoms with Crippen LogP contribution in [0, 0.1) is 60.8 Å². The van der Waals surface area contributed by atoms with E-state index in [-0.39, 0.29) is 0 Å². The van der Waals surface area contributed by atoms with Gasteiger partial charge in [0.25, 0.3) is 0 Å². The van der Waals surface area contributed by atoms with E-state index >= 15 is 17.6 Å². The molecule has 2 aliphatic rings. The maximum absolute atomic E-state index is 18.1. The number of rotatable bonds is 55. The summed E-state index contributed by atoms with van der Waals surface area (Å²) in [5.74, 6) is -3.07. The van der Waals surface area contributed by atoms with Crippen molar-refractivity contribution in [3.05, 3.63) is 80.5 Å². The highest BCUT2D eigenvalue weighted by Crippen LogP contribution is 2.55. The van der Waals surface area contributed by atoms with Crippen LogP contribution in [0.15, 0.2) is 36.4 Å². The molecule has 4 atom stereocenters. The molecule has 0 bridgehead atoms. The number of hydrogen-bond donors (Lipinski definition) is 0. The van der Waals surface area contributed by atoms with Crippen molar-refractivity contribution in [2.45, 2.75) is 377 Å². The first-order chi connectivity index (χ1) is 54.6. The van der Waals surface area contributed by atoms with Crippen molar-refractivity contribution in [2.75, 3.05) is 0 Å². The highest BCUT2D eigenvalue weighted by atomic mass is 32.1. The lowest BCUT2D eigenvalue weighted by Gasteiger charge is -2.35. The third-order valence-corrected chi connectivity index (χ3v) is 47.1. The van der Waals surface area contributed by atoms with Crippen molar-refractivity contribution in [1.82, 2.24) is 9.97 Å². The summed E-state index contributed by atoms with van der Waals surface area (Å²) in [5, 5.41) is 7.64. The number of benzene rings is 1. The maximum atomic E-state index is 18.1. The Morgan fingerprint density at radius 2 is 0.554 bits per heavy atom. The molecule has 0 aliphatic carbocycles. The zero-order chi connectivity index (χ0) is 79.3. The first kappa shape index (κ1) is 89.9. The van der Waals surface area contributed by atoms with Crippen LogP contribution in [0.4, 0.5) is 17.6 Å². The minimum absolute atomic E-state index is 0.313. The van der Waals surface area contributed by atoms with E-state index in [2.05, 4.69) is 113 Å². The summed E-state index contributed by atoms with van der Waals surface area (Å²) in [6, 6.07) is 18.4. The van der Waals surface area contributed by atoms with Gasteiger partial charge in [0.1, 0.15) is 26.2 Å². The number of aromatic nitrogens is 2. The molecular weight excluding hydrogens is 1570 g/mol. The van der Waals surface area contributed by atoms with Crippen LogP contribution in [-0.4, -0.2) is 26.1 Å². The third-order valence-electron chi connectivity index (χ3n) is 26.0. The molecule has 0 N–H and O–H groups in total. The van der Waals surface area contributed by atoms with E-state index in [1.165, 1.54) is 267 Å². The van der Waals surface area contributed by atoms with Crippen molar-refractivity contribution in [2.24, 2.45) is 23.7 Å². The Balaban J connectivity index is 0.952. The number of fused-ring (bicyclic) bond motifs is 7. The summed E-state index contributed by atoms with van der Waals surface area (Å²) < 4.78 is 72.1. The van der Waals surface area contributed by atoms with Crippen molar-refractivity contribution in [3.8, 4) is 69.9 Å². The van der Waals surface area contributed by atoms with Gasteiger partial charge < -0.3 is 0 Å². The fourth-order valence-corrected chi connectivity index (χ4v) is 44.7. The van der Waals surface area contributed by atoms with Gasteiger partial charge in [-0.05, 0) is 156 Å². The van der Waals surface area contributed by atoms with Crippen LogP contribution in [0.5, 0.6) is 0 Å². The Bertz CT molecular complexity index is 4260. The van der Waals surface area contributed by atoms with Crippen molar-refractivity contribution < 1.29 is 17.6 Å². The van der Waals surface area contributed by atoms with Crippen molar-refractivity contribution >= 4 is 137 Å². The van der Waals surface area contributed by atoms with E-state index in [1.807, 2.05) is 40.1 Å². The lowest BCUT2D eigenvalue weighted by Crippen LogP contribution is -2.56. The van der Waals surface area contributed by atoms with E-state index in [4.69, 9.17) is 9.97 Å². The summed E-state index contributed by atoms with van der Waals surface area (Å²) in [4.78, 5) is 26.0. The summed E-state index contributed by atoms with van der Waals surface area (Å²) in [6.45, 7) is 27.6. The number of nitrogens with zero attached hydrogens (tertiary/aromatic N) is 2. The zero-order valence-corrected chi connectivity index (χ0v) is 79.5. The summed E-state index contributed by atoms with van der Waals surface area (Å²) in [7, 11) is -5.33. The monoisotopic (exact) mass is 1710 g/mol. The molecule has 4 unspecified atom stereocenters.